The monoisotopic (exact) mass is 317 g/mol. The van der Waals surface area contributed by atoms with Gasteiger partial charge in [0.05, 0.1) is 11.0 Å². The van der Waals surface area contributed by atoms with Crippen molar-refractivity contribution in [2.45, 2.75) is 6.92 Å². The first-order valence-electron chi connectivity index (χ1n) is 7.28. The van der Waals surface area contributed by atoms with Crippen LogP contribution >= 0.6 is 0 Å². The van der Waals surface area contributed by atoms with Crippen LogP contribution in [-0.4, -0.2) is 41.1 Å². The largest absolute Gasteiger partial charge is 0.362 e. The van der Waals surface area contributed by atoms with Crippen LogP contribution in [0.25, 0.3) is 0 Å². The molecule has 3 rings (SSSR count). The van der Waals surface area contributed by atoms with Gasteiger partial charge in [0.15, 0.2) is 0 Å². The molecule has 2 aromatic rings. The van der Waals surface area contributed by atoms with E-state index in [1.54, 1.807) is 6.20 Å². The van der Waals surface area contributed by atoms with Gasteiger partial charge in [0.2, 0.25) is 0 Å². The summed E-state index contributed by atoms with van der Waals surface area (Å²) >= 11 is 0. The molecule has 0 amide bonds. The van der Waals surface area contributed by atoms with Gasteiger partial charge in [0.1, 0.15) is 23.1 Å². The van der Waals surface area contributed by atoms with Crippen LogP contribution in [0.15, 0.2) is 30.5 Å². The molecule has 2 heterocycles. The van der Waals surface area contributed by atoms with Gasteiger partial charge in [-0.2, -0.15) is 0 Å². The maximum Gasteiger partial charge on any atom is 0.295 e. The first-order chi connectivity index (χ1) is 11.0. The molecule has 0 saturated carbocycles. The average molecular weight is 317 g/mol. The van der Waals surface area contributed by atoms with Crippen LogP contribution in [0.3, 0.4) is 0 Å². The Labute approximate surface area is 132 Å². The standard InChI is InChI=1S/C15H16FN5O2/c1-11-17-5-4-15(18-11)20-8-6-19(7-9-20)13-3-2-12(16)10-14(13)21(22)23/h2-5,10H,6-9H2,1H3. The maximum atomic E-state index is 13.3. The maximum absolute atomic E-state index is 13.3. The van der Waals surface area contributed by atoms with E-state index in [2.05, 4.69) is 14.9 Å². The highest BCUT2D eigenvalue weighted by Gasteiger charge is 2.24. The van der Waals surface area contributed by atoms with Gasteiger partial charge in [-0.3, -0.25) is 10.1 Å². The van der Waals surface area contributed by atoms with Crippen LogP contribution in [0.5, 0.6) is 0 Å². The van der Waals surface area contributed by atoms with Crippen molar-refractivity contribution >= 4 is 17.2 Å². The minimum Gasteiger partial charge on any atom is -0.362 e. The minimum atomic E-state index is -0.601. The number of aryl methyl sites for hydroxylation is 1. The number of nitro benzene ring substituents is 1. The van der Waals surface area contributed by atoms with Crippen molar-refractivity contribution in [3.05, 3.63) is 52.2 Å². The molecule has 0 bridgehead atoms. The second-order valence-corrected chi connectivity index (χ2v) is 5.33. The van der Waals surface area contributed by atoms with E-state index < -0.39 is 10.7 Å². The molecule has 1 fully saturated rings. The third-order valence-corrected chi connectivity index (χ3v) is 3.84. The number of piperazine rings is 1. The zero-order valence-electron chi connectivity index (χ0n) is 12.6. The van der Waals surface area contributed by atoms with Gasteiger partial charge in [-0.15, -0.1) is 0 Å². The van der Waals surface area contributed by atoms with Crippen LogP contribution in [0.4, 0.5) is 21.6 Å². The summed E-state index contributed by atoms with van der Waals surface area (Å²) in [5, 5.41) is 11.1. The molecule has 0 atom stereocenters. The van der Waals surface area contributed by atoms with E-state index in [9.17, 15) is 14.5 Å². The predicted octanol–water partition coefficient (Wildman–Crippen LogP) is 2.16. The zero-order chi connectivity index (χ0) is 16.4. The second kappa shape index (κ2) is 6.15. The zero-order valence-corrected chi connectivity index (χ0v) is 12.6. The summed E-state index contributed by atoms with van der Waals surface area (Å²) in [5.74, 6) is 0.959. The van der Waals surface area contributed by atoms with E-state index in [1.807, 2.05) is 17.9 Å². The third kappa shape index (κ3) is 3.20. The quantitative estimate of drug-likeness (QED) is 0.638. The van der Waals surface area contributed by atoms with Crippen LogP contribution in [0.1, 0.15) is 5.82 Å². The van der Waals surface area contributed by atoms with Gasteiger partial charge < -0.3 is 9.80 Å². The van der Waals surface area contributed by atoms with Gasteiger partial charge in [-0.25, -0.2) is 14.4 Å². The molecule has 0 N–H and O–H groups in total. The summed E-state index contributed by atoms with van der Waals surface area (Å²) in [6.45, 7) is 4.42. The molecular weight excluding hydrogens is 301 g/mol. The highest BCUT2D eigenvalue weighted by molar-refractivity contribution is 5.64. The summed E-state index contributed by atoms with van der Waals surface area (Å²) < 4.78 is 13.3. The minimum absolute atomic E-state index is 0.198. The Morgan fingerprint density at radius 3 is 2.52 bits per heavy atom. The van der Waals surface area contributed by atoms with E-state index in [0.29, 0.717) is 37.7 Å². The number of anilines is 2. The van der Waals surface area contributed by atoms with E-state index in [4.69, 9.17) is 0 Å². The Morgan fingerprint density at radius 2 is 1.87 bits per heavy atom. The number of benzene rings is 1. The van der Waals surface area contributed by atoms with E-state index in [1.165, 1.54) is 12.1 Å². The molecule has 1 aromatic carbocycles. The molecule has 0 unspecified atom stereocenters. The topological polar surface area (TPSA) is 75.4 Å². The van der Waals surface area contributed by atoms with Gasteiger partial charge >= 0.3 is 0 Å². The fourth-order valence-corrected chi connectivity index (χ4v) is 2.71. The third-order valence-electron chi connectivity index (χ3n) is 3.84. The van der Waals surface area contributed by atoms with E-state index in [0.717, 1.165) is 11.9 Å². The van der Waals surface area contributed by atoms with Gasteiger partial charge in [-0.05, 0) is 25.1 Å². The smallest absolute Gasteiger partial charge is 0.295 e. The Kier molecular flexibility index (Phi) is 4.05. The highest BCUT2D eigenvalue weighted by Crippen LogP contribution is 2.30. The first-order valence-corrected chi connectivity index (χ1v) is 7.28. The summed E-state index contributed by atoms with van der Waals surface area (Å²) in [5.41, 5.74) is 0.256. The molecule has 0 radical (unpaired) electrons. The Morgan fingerprint density at radius 1 is 1.17 bits per heavy atom. The molecule has 1 aromatic heterocycles. The van der Waals surface area contributed by atoms with Crippen molar-refractivity contribution < 1.29 is 9.31 Å². The van der Waals surface area contributed by atoms with E-state index in [-0.39, 0.29) is 5.69 Å². The van der Waals surface area contributed by atoms with Crippen molar-refractivity contribution in [3.8, 4) is 0 Å². The molecule has 7 nitrogen and oxygen atoms in total. The fourth-order valence-electron chi connectivity index (χ4n) is 2.71. The summed E-state index contributed by atoms with van der Waals surface area (Å²) in [6.07, 6.45) is 1.72. The number of hydrogen-bond acceptors (Lipinski definition) is 6. The van der Waals surface area contributed by atoms with E-state index >= 15 is 0 Å². The van der Waals surface area contributed by atoms with Crippen molar-refractivity contribution in [1.29, 1.82) is 0 Å². The molecule has 1 aliphatic rings. The van der Waals surface area contributed by atoms with Gasteiger partial charge in [-0.1, -0.05) is 0 Å². The van der Waals surface area contributed by atoms with Crippen LogP contribution in [0, 0.1) is 22.9 Å². The SMILES string of the molecule is Cc1nccc(N2CCN(c3ccc(F)cc3[N+](=O)[O-])CC2)n1. The number of nitrogens with zero attached hydrogens (tertiary/aromatic N) is 5. The van der Waals surface area contributed by atoms with Crippen molar-refractivity contribution in [1.82, 2.24) is 9.97 Å². The molecular formula is C15H16FN5O2. The molecule has 8 heteroatoms. The number of halogens is 1. The Hall–Kier alpha value is -2.77. The van der Waals surface area contributed by atoms with Crippen LogP contribution in [0.2, 0.25) is 0 Å². The van der Waals surface area contributed by atoms with Crippen molar-refractivity contribution in [2.75, 3.05) is 36.0 Å². The first kappa shape index (κ1) is 15.1. The highest BCUT2D eigenvalue weighted by atomic mass is 19.1. The normalized spacial score (nSPS) is 14.9. The predicted molar refractivity (Wildman–Crippen MR) is 84.2 cm³/mol. The lowest BCUT2D eigenvalue weighted by molar-refractivity contribution is -0.384. The van der Waals surface area contributed by atoms with Crippen molar-refractivity contribution in [3.63, 3.8) is 0 Å². The van der Waals surface area contributed by atoms with Gasteiger partial charge in [0.25, 0.3) is 5.69 Å². The molecule has 0 aliphatic carbocycles. The number of rotatable bonds is 3. The number of aromatic nitrogens is 2. The second-order valence-electron chi connectivity index (χ2n) is 5.33. The molecule has 23 heavy (non-hydrogen) atoms. The van der Waals surface area contributed by atoms with Crippen molar-refractivity contribution in [2.24, 2.45) is 0 Å². The summed E-state index contributed by atoms with van der Waals surface area (Å²) in [7, 11) is 0. The Bertz CT molecular complexity index is 732. The summed E-state index contributed by atoms with van der Waals surface area (Å²) in [6, 6.07) is 5.54. The lowest BCUT2D eigenvalue weighted by atomic mass is 10.2. The fraction of sp³-hybridized carbons (Fsp3) is 0.333. The molecule has 1 aliphatic heterocycles. The van der Waals surface area contributed by atoms with Gasteiger partial charge in [0, 0.05) is 32.4 Å². The Balaban J connectivity index is 1.76. The van der Waals surface area contributed by atoms with Crippen LogP contribution in [-0.2, 0) is 0 Å². The molecule has 120 valence electrons. The molecule has 0 spiro atoms. The average Bonchev–Trinajstić information content (AvgIpc) is 2.55. The summed E-state index contributed by atoms with van der Waals surface area (Å²) in [4.78, 5) is 23.1. The number of nitro groups is 1. The lowest BCUT2D eigenvalue weighted by Gasteiger charge is -2.36. The number of hydrogen-bond donors (Lipinski definition) is 0. The molecule has 1 saturated heterocycles. The lowest BCUT2D eigenvalue weighted by Crippen LogP contribution is -2.47. The van der Waals surface area contributed by atoms with Crippen LogP contribution < -0.4 is 9.80 Å².